The second-order valence-electron chi connectivity index (χ2n) is 4.31. The number of hydrogen-bond acceptors (Lipinski definition) is 3. The number of nitrogens with one attached hydrogen (secondary N) is 1. The normalized spacial score (nSPS) is 19.3. The van der Waals surface area contributed by atoms with Crippen LogP contribution in [0.2, 0.25) is 0 Å². The molecule has 1 aromatic rings. The van der Waals surface area contributed by atoms with Gasteiger partial charge in [-0.25, -0.2) is 0 Å². The SMILES string of the molecule is CCC[C@@H](N)C(=O)NC1COc2ccccc21. The third-order valence-electron chi connectivity index (χ3n) is 2.95. The zero-order valence-electron chi connectivity index (χ0n) is 9.98. The van der Waals surface area contributed by atoms with E-state index in [4.69, 9.17) is 10.5 Å². The molecule has 0 spiro atoms. The molecule has 2 atom stereocenters. The van der Waals surface area contributed by atoms with Crippen molar-refractivity contribution in [3.05, 3.63) is 29.8 Å². The highest BCUT2D eigenvalue weighted by molar-refractivity contribution is 5.82. The van der Waals surface area contributed by atoms with Crippen LogP contribution in [0.25, 0.3) is 0 Å². The lowest BCUT2D eigenvalue weighted by Gasteiger charge is -2.15. The molecule has 0 saturated heterocycles. The first-order valence-corrected chi connectivity index (χ1v) is 6.00. The summed E-state index contributed by atoms with van der Waals surface area (Å²) >= 11 is 0. The standard InChI is InChI=1S/C13H18N2O2/c1-2-5-10(14)13(16)15-11-8-17-12-7-4-3-6-9(11)12/h3-4,6-7,10-11H,2,5,8,14H2,1H3,(H,15,16)/t10-,11?/m1/s1. The predicted molar refractivity (Wildman–Crippen MR) is 65.7 cm³/mol. The molecular formula is C13H18N2O2. The van der Waals surface area contributed by atoms with E-state index in [9.17, 15) is 4.79 Å². The van der Waals surface area contributed by atoms with E-state index >= 15 is 0 Å². The summed E-state index contributed by atoms with van der Waals surface area (Å²) in [6.07, 6.45) is 1.62. The lowest BCUT2D eigenvalue weighted by atomic mass is 10.1. The minimum atomic E-state index is -0.423. The fourth-order valence-electron chi connectivity index (χ4n) is 2.00. The summed E-state index contributed by atoms with van der Waals surface area (Å²) in [5.41, 5.74) is 6.80. The Morgan fingerprint density at radius 3 is 3.12 bits per heavy atom. The molecule has 1 heterocycles. The van der Waals surface area contributed by atoms with E-state index in [1.165, 1.54) is 0 Å². The van der Waals surface area contributed by atoms with Crippen molar-refractivity contribution in [2.45, 2.75) is 31.8 Å². The molecule has 4 heteroatoms. The number of fused-ring (bicyclic) bond motifs is 1. The molecule has 0 aromatic heterocycles. The van der Waals surface area contributed by atoms with Crippen molar-refractivity contribution in [3.8, 4) is 5.75 Å². The fraction of sp³-hybridized carbons (Fsp3) is 0.462. The van der Waals surface area contributed by atoms with Gasteiger partial charge in [0.05, 0.1) is 12.1 Å². The highest BCUT2D eigenvalue weighted by Crippen LogP contribution is 2.31. The molecule has 1 unspecified atom stereocenters. The van der Waals surface area contributed by atoms with E-state index in [2.05, 4.69) is 5.32 Å². The predicted octanol–water partition coefficient (Wildman–Crippen LogP) is 1.36. The molecule has 0 aliphatic carbocycles. The Balaban J connectivity index is 2.00. The van der Waals surface area contributed by atoms with Crippen LogP contribution in [0.15, 0.2) is 24.3 Å². The largest absolute Gasteiger partial charge is 0.491 e. The number of carbonyl (C=O) groups is 1. The summed E-state index contributed by atoms with van der Waals surface area (Å²) < 4.78 is 5.50. The summed E-state index contributed by atoms with van der Waals surface area (Å²) in [6, 6.07) is 7.26. The number of rotatable bonds is 4. The Morgan fingerprint density at radius 1 is 1.59 bits per heavy atom. The average molecular weight is 234 g/mol. The molecule has 0 bridgehead atoms. The highest BCUT2D eigenvalue weighted by atomic mass is 16.5. The zero-order chi connectivity index (χ0) is 12.3. The van der Waals surface area contributed by atoms with E-state index in [1.807, 2.05) is 31.2 Å². The van der Waals surface area contributed by atoms with Crippen LogP contribution in [0, 0.1) is 0 Å². The van der Waals surface area contributed by atoms with Crippen LogP contribution in [0.3, 0.4) is 0 Å². The molecule has 0 radical (unpaired) electrons. The number of amides is 1. The van der Waals surface area contributed by atoms with Gasteiger partial charge in [0.15, 0.2) is 0 Å². The first-order valence-electron chi connectivity index (χ1n) is 6.00. The van der Waals surface area contributed by atoms with E-state index < -0.39 is 6.04 Å². The molecule has 4 nitrogen and oxygen atoms in total. The Bertz CT molecular complexity index is 406. The number of benzene rings is 1. The molecule has 1 aromatic carbocycles. The van der Waals surface area contributed by atoms with Crippen LogP contribution in [0.4, 0.5) is 0 Å². The first kappa shape index (κ1) is 11.9. The van der Waals surface area contributed by atoms with Gasteiger partial charge in [-0.2, -0.15) is 0 Å². The Kier molecular flexibility index (Phi) is 3.64. The first-order chi connectivity index (χ1) is 8.22. The maximum atomic E-state index is 11.8. The summed E-state index contributed by atoms with van der Waals surface area (Å²) in [6.45, 7) is 2.51. The fourth-order valence-corrected chi connectivity index (χ4v) is 2.00. The molecule has 1 aliphatic heterocycles. The van der Waals surface area contributed by atoms with Crippen LogP contribution >= 0.6 is 0 Å². The summed E-state index contributed by atoms with van der Waals surface area (Å²) in [5.74, 6) is 0.749. The van der Waals surface area contributed by atoms with Crippen molar-refractivity contribution in [2.75, 3.05) is 6.61 Å². The summed E-state index contributed by atoms with van der Waals surface area (Å²) in [5, 5.41) is 2.93. The van der Waals surface area contributed by atoms with Crippen LogP contribution in [0.1, 0.15) is 31.4 Å². The smallest absolute Gasteiger partial charge is 0.237 e. The summed E-state index contributed by atoms with van der Waals surface area (Å²) in [4.78, 5) is 11.8. The second kappa shape index (κ2) is 5.19. The summed E-state index contributed by atoms with van der Waals surface area (Å²) in [7, 11) is 0. The van der Waals surface area contributed by atoms with Gasteiger partial charge in [-0.05, 0) is 12.5 Å². The molecule has 17 heavy (non-hydrogen) atoms. The van der Waals surface area contributed by atoms with Gasteiger partial charge in [0.1, 0.15) is 12.4 Å². The van der Waals surface area contributed by atoms with Gasteiger partial charge in [0, 0.05) is 5.56 Å². The number of ether oxygens (including phenoxy) is 1. The molecule has 1 aliphatic rings. The van der Waals surface area contributed by atoms with Crippen molar-refractivity contribution in [1.82, 2.24) is 5.32 Å². The van der Waals surface area contributed by atoms with Crippen molar-refractivity contribution in [1.29, 1.82) is 0 Å². The van der Waals surface area contributed by atoms with Gasteiger partial charge in [-0.3, -0.25) is 4.79 Å². The van der Waals surface area contributed by atoms with E-state index in [-0.39, 0.29) is 11.9 Å². The Labute approximate surface area is 101 Å². The number of carbonyl (C=O) groups excluding carboxylic acids is 1. The lowest BCUT2D eigenvalue weighted by Crippen LogP contribution is -2.42. The quantitative estimate of drug-likeness (QED) is 0.826. The third-order valence-corrected chi connectivity index (χ3v) is 2.95. The number of para-hydroxylation sites is 1. The molecule has 1 amide bonds. The van der Waals surface area contributed by atoms with Gasteiger partial charge in [-0.15, -0.1) is 0 Å². The molecule has 0 fully saturated rings. The zero-order valence-corrected chi connectivity index (χ0v) is 9.98. The number of nitrogens with two attached hydrogens (primary N) is 1. The van der Waals surface area contributed by atoms with E-state index in [0.29, 0.717) is 13.0 Å². The van der Waals surface area contributed by atoms with Crippen molar-refractivity contribution in [2.24, 2.45) is 5.73 Å². The average Bonchev–Trinajstić information content (AvgIpc) is 2.73. The maximum Gasteiger partial charge on any atom is 0.237 e. The van der Waals surface area contributed by atoms with Gasteiger partial charge < -0.3 is 15.8 Å². The van der Waals surface area contributed by atoms with E-state index in [0.717, 1.165) is 17.7 Å². The topological polar surface area (TPSA) is 64.4 Å². The van der Waals surface area contributed by atoms with Crippen LogP contribution in [-0.4, -0.2) is 18.6 Å². The Morgan fingerprint density at radius 2 is 2.35 bits per heavy atom. The van der Waals surface area contributed by atoms with Crippen molar-refractivity contribution in [3.63, 3.8) is 0 Å². The maximum absolute atomic E-state index is 11.8. The lowest BCUT2D eigenvalue weighted by molar-refractivity contribution is -0.123. The third kappa shape index (κ3) is 2.58. The molecule has 92 valence electrons. The van der Waals surface area contributed by atoms with Crippen LogP contribution < -0.4 is 15.8 Å². The van der Waals surface area contributed by atoms with Crippen LogP contribution in [-0.2, 0) is 4.79 Å². The van der Waals surface area contributed by atoms with Crippen molar-refractivity contribution >= 4 is 5.91 Å². The van der Waals surface area contributed by atoms with E-state index in [1.54, 1.807) is 0 Å². The number of hydrogen-bond donors (Lipinski definition) is 2. The second-order valence-corrected chi connectivity index (χ2v) is 4.31. The molecule has 2 rings (SSSR count). The van der Waals surface area contributed by atoms with Crippen molar-refractivity contribution < 1.29 is 9.53 Å². The minimum Gasteiger partial charge on any atom is -0.491 e. The van der Waals surface area contributed by atoms with Crippen LogP contribution in [0.5, 0.6) is 5.75 Å². The van der Waals surface area contributed by atoms with Gasteiger partial charge in [0.2, 0.25) is 5.91 Å². The van der Waals surface area contributed by atoms with Gasteiger partial charge in [0.25, 0.3) is 0 Å². The van der Waals surface area contributed by atoms with Gasteiger partial charge >= 0.3 is 0 Å². The molecule has 0 saturated carbocycles. The Hall–Kier alpha value is -1.55. The minimum absolute atomic E-state index is 0.0680. The van der Waals surface area contributed by atoms with Gasteiger partial charge in [-0.1, -0.05) is 31.5 Å². The monoisotopic (exact) mass is 234 g/mol. The highest BCUT2D eigenvalue weighted by Gasteiger charge is 2.26. The molecule has 3 N–H and O–H groups in total. The molecular weight excluding hydrogens is 216 g/mol.